The molecule has 2 aliphatic carbocycles. The van der Waals surface area contributed by atoms with Crippen LogP contribution in [0.3, 0.4) is 0 Å². The Bertz CT molecular complexity index is 973. The number of carbonyl (C=O) groups is 1. The molecule has 1 aromatic rings. The number of rotatable bonds is 11. The van der Waals surface area contributed by atoms with Gasteiger partial charge < -0.3 is 10.1 Å². The molecule has 0 aromatic heterocycles. The monoisotopic (exact) mass is 483 g/mol. The van der Waals surface area contributed by atoms with Gasteiger partial charge in [-0.25, -0.2) is 13.2 Å². The van der Waals surface area contributed by atoms with Crippen LogP contribution in [0.2, 0.25) is 0 Å². The molecule has 184 valence electrons. The quantitative estimate of drug-likeness (QED) is 0.358. The average Bonchev–Trinajstić information content (AvgIpc) is 3.54. The number of nitriles is 1. The van der Waals surface area contributed by atoms with E-state index in [-0.39, 0.29) is 11.7 Å². The van der Waals surface area contributed by atoms with Crippen molar-refractivity contribution < 1.29 is 31.5 Å². The fraction of sp³-hybridized carbons (Fsp3) is 0.583. The SMILES string of the molecule is CC#CC(N[C@@H](CC(F)(F)CC1CC1)C(=O)NC1(C#N)CCC1)C(F)(F)Oc1ccc(F)cc1. The van der Waals surface area contributed by atoms with Crippen molar-refractivity contribution in [3.8, 4) is 23.7 Å². The van der Waals surface area contributed by atoms with Crippen LogP contribution in [-0.2, 0) is 4.79 Å². The molecular weight excluding hydrogens is 457 g/mol. The van der Waals surface area contributed by atoms with Crippen molar-refractivity contribution in [2.24, 2.45) is 5.92 Å². The molecular formula is C24H26F5N3O2. The van der Waals surface area contributed by atoms with Crippen molar-refractivity contribution in [3.63, 3.8) is 0 Å². The summed E-state index contributed by atoms with van der Waals surface area (Å²) in [6.07, 6.45) is -2.84. The predicted octanol–water partition coefficient (Wildman–Crippen LogP) is 4.54. The molecule has 0 spiro atoms. The molecule has 0 heterocycles. The number of alkyl halides is 4. The van der Waals surface area contributed by atoms with Gasteiger partial charge in [-0.2, -0.15) is 14.0 Å². The Morgan fingerprint density at radius 1 is 1.24 bits per heavy atom. The van der Waals surface area contributed by atoms with Gasteiger partial charge in [0.05, 0.1) is 12.1 Å². The Balaban J connectivity index is 1.81. The molecule has 2 atom stereocenters. The molecule has 0 aliphatic heterocycles. The van der Waals surface area contributed by atoms with Crippen LogP contribution in [0.1, 0.15) is 51.9 Å². The van der Waals surface area contributed by atoms with E-state index in [2.05, 4.69) is 27.2 Å². The second-order valence-corrected chi connectivity index (χ2v) is 8.91. The van der Waals surface area contributed by atoms with Crippen LogP contribution < -0.4 is 15.4 Å². The minimum atomic E-state index is -4.05. The van der Waals surface area contributed by atoms with Gasteiger partial charge in [-0.1, -0.05) is 5.92 Å². The van der Waals surface area contributed by atoms with E-state index in [0.29, 0.717) is 32.1 Å². The number of hydrogen-bond donors (Lipinski definition) is 2. The molecule has 1 unspecified atom stereocenters. The summed E-state index contributed by atoms with van der Waals surface area (Å²) < 4.78 is 77.1. The fourth-order valence-corrected chi connectivity index (χ4v) is 3.76. The normalized spacial score (nSPS) is 19.0. The predicted molar refractivity (Wildman–Crippen MR) is 113 cm³/mol. The lowest BCUT2D eigenvalue weighted by atomic mass is 9.78. The van der Waals surface area contributed by atoms with E-state index in [0.717, 1.165) is 24.3 Å². The molecule has 3 rings (SSSR count). The first-order valence-corrected chi connectivity index (χ1v) is 11.1. The molecule has 2 saturated carbocycles. The van der Waals surface area contributed by atoms with Crippen LogP contribution in [0.15, 0.2) is 24.3 Å². The zero-order valence-electron chi connectivity index (χ0n) is 18.6. The third kappa shape index (κ3) is 6.83. The number of ether oxygens (including phenoxy) is 1. The molecule has 34 heavy (non-hydrogen) atoms. The Kier molecular flexibility index (Phi) is 7.72. The van der Waals surface area contributed by atoms with E-state index in [1.54, 1.807) is 0 Å². The number of nitrogens with one attached hydrogen (secondary N) is 2. The highest BCUT2D eigenvalue weighted by molar-refractivity contribution is 5.83. The van der Waals surface area contributed by atoms with Crippen LogP contribution in [0.4, 0.5) is 22.0 Å². The number of nitrogens with zero attached hydrogens (tertiary/aromatic N) is 1. The van der Waals surface area contributed by atoms with Crippen molar-refractivity contribution in [1.82, 2.24) is 10.6 Å². The third-order valence-corrected chi connectivity index (χ3v) is 5.95. The number of carbonyl (C=O) groups excluding carboxylic acids is 1. The van der Waals surface area contributed by atoms with Crippen LogP contribution in [0, 0.1) is 34.9 Å². The molecule has 0 saturated heterocycles. The lowest BCUT2D eigenvalue weighted by Gasteiger charge is -2.38. The molecule has 0 radical (unpaired) electrons. The third-order valence-electron chi connectivity index (χ3n) is 5.95. The molecule has 2 N–H and O–H groups in total. The summed E-state index contributed by atoms with van der Waals surface area (Å²) in [5.41, 5.74) is -1.19. The van der Waals surface area contributed by atoms with Crippen molar-refractivity contribution in [3.05, 3.63) is 30.1 Å². The molecule has 10 heteroatoms. The Morgan fingerprint density at radius 2 is 1.88 bits per heavy atom. The number of hydrogen-bond acceptors (Lipinski definition) is 4. The summed E-state index contributed by atoms with van der Waals surface area (Å²) in [7, 11) is 0. The first kappa shape index (κ1) is 25.8. The second kappa shape index (κ2) is 10.2. The summed E-state index contributed by atoms with van der Waals surface area (Å²) in [6, 6.07) is 1.91. The number of amides is 1. The zero-order valence-corrected chi connectivity index (χ0v) is 18.6. The molecule has 2 fully saturated rings. The maximum atomic E-state index is 15.0. The highest BCUT2D eigenvalue weighted by Gasteiger charge is 2.48. The molecule has 5 nitrogen and oxygen atoms in total. The van der Waals surface area contributed by atoms with Gasteiger partial charge in [0.2, 0.25) is 11.8 Å². The van der Waals surface area contributed by atoms with Gasteiger partial charge in [0.1, 0.15) is 17.1 Å². The van der Waals surface area contributed by atoms with Gasteiger partial charge in [-0.15, -0.1) is 5.92 Å². The standard InChI is InChI=1S/C24H26F5N3O2/c1-2-4-20(24(28,29)34-18-9-7-17(25)8-10-18)31-19(14-23(26,27)13-16-5-6-16)21(33)32-22(15-30)11-3-12-22/h7-10,16,19-20,31H,3,5-6,11-14H2,1H3,(H,32,33)/t19-,20?/m0/s1. The minimum Gasteiger partial charge on any atom is -0.431 e. The van der Waals surface area contributed by atoms with Gasteiger partial charge >= 0.3 is 6.11 Å². The van der Waals surface area contributed by atoms with Crippen molar-refractivity contribution in [2.45, 2.75) is 81.5 Å². The molecule has 1 amide bonds. The Labute approximate surface area is 195 Å². The van der Waals surface area contributed by atoms with E-state index in [4.69, 9.17) is 0 Å². The summed E-state index contributed by atoms with van der Waals surface area (Å²) in [5.74, 6) is -0.965. The van der Waals surface area contributed by atoms with Crippen LogP contribution >= 0.6 is 0 Å². The van der Waals surface area contributed by atoms with E-state index in [9.17, 15) is 32.0 Å². The maximum absolute atomic E-state index is 15.0. The van der Waals surface area contributed by atoms with Crippen molar-refractivity contribution in [1.29, 1.82) is 5.26 Å². The number of halogens is 5. The topological polar surface area (TPSA) is 74.2 Å². The Hall–Kier alpha value is -2.85. The van der Waals surface area contributed by atoms with Crippen molar-refractivity contribution >= 4 is 5.91 Å². The number of benzene rings is 1. The molecule has 2 aliphatic rings. The minimum absolute atomic E-state index is 0.162. The highest BCUT2D eigenvalue weighted by atomic mass is 19.3. The first-order valence-electron chi connectivity index (χ1n) is 11.1. The van der Waals surface area contributed by atoms with Gasteiger partial charge in [-0.05, 0) is 69.2 Å². The summed E-state index contributed by atoms with van der Waals surface area (Å²) >= 11 is 0. The second-order valence-electron chi connectivity index (χ2n) is 8.91. The lowest BCUT2D eigenvalue weighted by molar-refractivity contribution is -0.189. The van der Waals surface area contributed by atoms with Crippen LogP contribution in [0.5, 0.6) is 5.75 Å². The van der Waals surface area contributed by atoms with Gasteiger partial charge in [0.25, 0.3) is 0 Å². The fourth-order valence-electron chi connectivity index (χ4n) is 3.76. The van der Waals surface area contributed by atoms with Crippen LogP contribution in [-0.4, -0.2) is 35.6 Å². The maximum Gasteiger partial charge on any atom is 0.425 e. The van der Waals surface area contributed by atoms with Gasteiger partial charge in [-0.3, -0.25) is 10.1 Å². The molecule has 0 bridgehead atoms. The van der Waals surface area contributed by atoms with E-state index in [1.807, 2.05) is 6.07 Å². The van der Waals surface area contributed by atoms with Gasteiger partial charge in [0, 0.05) is 12.8 Å². The largest absolute Gasteiger partial charge is 0.431 e. The van der Waals surface area contributed by atoms with E-state index in [1.165, 1.54) is 6.92 Å². The summed E-state index contributed by atoms with van der Waals surface area (Å²) in [6.45, 7) is 1.28. The average molecular weight is 483 g/mol. The smallest absolute Gasteiger partial charge is 0.425 e. The molecule has 1 aromatic carbocycles. The van der Waals surface area contributed by atoms with E-state index >= 15 is 0 Å². The van der Waals surface area contributed by atoms with E-state index < -0.39 is 54.2 Å². The first-order chi connectivity index (χ1) is 16.0. The van der Waals surface area contributed by atoms with Crippen molar-refractivity contribution in [2.75, 3.05) is 0 Å². The van der Waals surface area contributed by atoms with Crippen LogP contribution in [0.25, 0.3) is 0 Å². The lowest BCUT2D eigenvalue weighted by Crippen LogP contribution is -2.61. The summed E-state index contributed by atoms with van der Waals surface area (Å²) in [4.78, 5) is 12.9. The zero-order chi connectivity index (χ0) is 25.0. The van der Waals surface area contributed by atoms with Gasteiger partial charge in [0.15, 0.2) is 6.04 Å². The highest BCUT2D eigenvalue weighted by Crippen LogP contribution is 2.41. The Morgan fingerprint density at radius 3 is 2.38 bits per heavy atom. The summed E-state index contributed by atoms with van der Waals surface area (Å²) in [5, 5.41) is 14.1.